The number of benzene rings is 2. The predicted molar refractivity (Wildman–Crippen MR) is 93.4 cm³/mol. The maximum atomic E-state index is 11.8. The summed E-state index contributed by atoms with van der Waals surface area (Å²) in [6.07, 6.45) is 2.01. The van der Waals surface area contributed by atoms with Crippen molar-refractivity contribution in [1.82, 2.24) is 9.88 Å². The molecule has 3 rings (SSSR count). The second-order valence-electron chi connectivity index (χ2n) is 5.39. The SMILES string of the molecule is COc1ccc2c(ccn2CCNC(=O)COc2ccccc2)c1. The summed E-state index contributed by atoms with van der Waals surface area (Å²) in [5, 5.41) is 3.99. The maximum Gasteiger partial charge on any atom is 0.258 e. The Hall–Kier alpha value is -2.95. The van der Waals surface area contributed by atoms with E-state index in [4.69, 9.17) is 9.47 Å². The molecule has 24 heavy (non-hydrogen) atoms. The van der Waals surface area contributed by atoms with Crippen LogP contribution in [0, 0.1) is 0 Å². The number of fused-ring (bicyclic) bond motifs is 1. The van der Waals surface area contributed by atoms with Crippen LogP contribution in [0.25, 0.3) is 10.9 Å². The third-order valence-electron chi connectivity index (χ3n) is 3.77. The van der Waals surface area contributed by atoms with E-state index in [1.54, 1.807) is 7.11 Å². The van der Waals surface area contributed by atoms with Crippen LogP contribution in [0.1, 0.15) is 0 Å². The summed E-state index contributed by atoms with van der Waals surface area (Å²) >= 11 is 0. The molecule has 0 radical (unpaired) electrons. The lowest BCUT2D eigenvalue weighted by Crippen LogP contribution is -2.31. The lowest BCUT2D eigenvalue weighted by Gasteiger charge is -2.09. The van der Waals surface area contributed by atoms with Gasteiger partial charge in [0, 0.05) is 30.2 Å². The third kappa shape index (κ3) is 3.87. The van der Waals surface area contributed by atoms with Crippen LogP contribution >= 0.6 is 0 Å². The van der Waals surface area contributed by atoms with Crippen molar-refractivity contribution in [3.8, 4) is 11.5 Å². The van der Waals surface area contributed by atoms with Crippen molar-refractivity contribution in [2.24, 2.45) is 0 Å². The molecule has 5 nitrogen and oxygen atoms in total. The monoisotopic (exact) mass is 324 g/mol. The zero-order valence-corrected chi connectivity index (χ0v) is 13.6. The second-order valence-corrected chi connectivity index (χ2v) is 5.39. The maximum absolute atomic E-state index is 11.8. The van der Waals surface area contributed by atoms with Gasteiger partial charge in [0.2, 0.25) is 0 Å². The summed E-state index contributed by atoms with van der Waals surface area (Å²) in [7, 11) is 1.66. The van der Waals surface area contributed by atoms with Gasteiger partial charge in [-0.15, -0.1) is 0 Å². The van der Waals surface area contributed by atoms with Gasteiger partial charge in [-0.25, -0.2) is 0 Å². The first-order chi connectivity index (χ1) is 11.8. The Balaban J connectivity index is 1.48. The van der Waals surface area contributed by atoms with E-state index >= 15 is 0 Å². The van der Waals surface area contributed by atoms with Gasteiger partial charge in [-0.3, -0.25) is 4.79 Å². The first-order valence-corrected chi connectivity index (χ1v) is 7.84. The fourth-order valence-electron chi connectivity index (χ4n) is 2.53. The quantitative estimate of drug-likeness (QED) is 0.727. The highest BCUT2D eigenvalue weighted by atomic mass is 16.5. The predicted octanol–water partition coefficient (Wildman–Crippen LogP) is 2.85. The molecule has 0 aliphatic heterocycles. The highest BCUT2D eigenvalue weighted by Gasteiger charge is 2.05. The molecule has 1 aromatic heterocycles. The molecule has 0 atom stereocenters. The van der Waals surface area contributed by atoms with E-state index in [1.807, 2.05) is 60.8 Å². The Kier molecular flexibility index (Phi) is 5.01. The van der Waals surface area contributed by atoms with Gasteiger partial charge >= 0.3 is 0 Å². The number of methoxy groups -OCH3 is 1. The number of nitrogens with one attached hydrogen (secondary N) is 1. The lowest BCUT2D eigenvalue weighted by molar-refractivity contribution is -0.123. The van der Waals surface area contributed by atoms with Crippen LogP contribution in [0.2, 0.25) is 0 Å². The summed E-state index contributed by atoms with van der Waals surface area (Å²) in [6.45, 7) is 1.27. The molecule has 0 saturated heterocycles. The first-order valence-electron chi connectivity index (χ1n) is 7.84. The highest BCUT2D eigenvalue weighted by Crippen LogP contribution is 2.21. The Morgan fingerprint density at radius 2 is 1.92 bits per heavy atom. The molecule has 1 amide bonds. The average Bonchev–Trinajstić information content (AvgIpc) is 3.03. The minimum absolute atomic E-state index is 0.0215. The van der Waals surface area contributed by atoms with Crippen molar-refractivity contribution in [3.63, 3.8) is 0 Å². The van der Waals surface area contributed by atoms with Gasteiger partial charge in [0.05, 0.1) is 7.11 Å². The van der Waals surface area contributed by atoms with Crippen LogP contribution in [-0.4, -0.2) is 30.7 Å². The van der Waals surface area contributed by atoms with Crippen LogP contribution in [0.5, 0.6) is 11.5 Å². The first kappa shape index (κ1) is 15.9. The molecular formula is C19H20N2O3. The Labute approximate surface area is 140 Å². The molecule has 0 unspecified atom stereocenters. The number of hydrogen-bond donors (Lipinski definition) is 1. The molecule has 0 spiro atoms. The molecule has 0 bridgehead atoms. The molecule has 1 heterocycles. The molecule has 1 N–H and O–H groups in total. The van der Waals surface area contributed by atoms with Gasteiger partial charge in [0.25, 0.3) is 5.91 Å². The van der Waals surface area contributed by atoms with E-state index in [0.29, 0.717) is 18.8 Å². The van der Waals surface area contributed by atoms with E-state index in [0.717, 1.165) is 16.7 Å². The van der Waals surface area contributed by atoms with Gasteiger partial charge in [-0.1, -0.05) is 18.2 Å². The van der Waals surface area contributed by atoms with Gasteiger partial charge in [0.1, 0.15) is 11.5 Å². The number of para-hydroxylation sites is 1. The molecule has 3 aromatic rings. The minimum atomic E-state index is -0.128. The Bertz CT molecular complexity index is 812. The molecular weight excluding hydrogens is 304 g/mol. The summed E-state index contributed by atoms with van der Waals surface area (Å²) in [6, 6.07) is 17.3. The number of hydrogen-bond acceptors (Lipinski definition) is 3. The number of carbonyl (C=O) groups is 1. The van der Waals surface area contributed by atoms with Crippen molar-refractivity contribution in [1.29, 1.82) is 0 Å². The minimum Gasteiger partial charge on any atom is -0.497 e. The molecule has 2 aromatic carbocycles. The van der Waals surface area contributed by atoms with E-state index in [2.05, 4.69) is 9.88 Å². The highest BCUT2D eigenvalue weighted by molar-refractivity contribution is 5.81. The van der Waals surface area contributed by atoms with Crippen LogP contribution in [-0.2, 0) is 11.3 Å². The number of nitrogens with zero attached hydrogens (tertiary/aromatic N) is 1. The van der Waals surface area contributed by atoms with E-state index in [1.165, 1.54) is 0 Å². The van der Waals surface area contributed by atoms with Crippen LogP contribution in [0.15, 0.2) is 60.8 Å². The van der Waals surface area contributed by atoms with E-state index in [9.17, 15) is 4.79 Å². The van der Waals surface area contributed by atoms with Gasteiger partial charge in [-0.05, 0) is 36.4 Å². The second kappa shape index (κ2) is 7.55. The zero-order chi connectivity index (χ0) is 16.8. The number of amides is 1. The third-order valence-corrected chi connectivity index (χ3v) is 3.77. The zero-order valence-electron chi connectivity index (χ0n) is 13.6. The molecule has 5 heteroatoms. The molecule has 0 saturated carbocycles. The van der Waals surface area contributed by atoms with Crippen molar-refractivity contribution in [2.45, 2.75) is 6.54 Å². The molecule has 0 fully saturated rings. The van der Waals surface area contributed by atoms with Gasteiger partial charge in [0.15, 0.2) is 6.61 Å². The van der Waals surface area contributed by atoms with Crippen molar-refractivity contribution in [3.05, 3.63) is 60.8 Å². The molecule has 124 valence electrons. The fraction of sp³-hybridized carbons (Fsp3) is 0.211. The largest absolute Gasteiger partial charge is 0.497 e. The van der Waals surface area contributed by atoms with Gasteiger partial charge in [-0.2, -0.15) is 0 Å². The topological polar surface area (TPSA) is 52.5 Å². The normalized spacial score (nSPS) is 10.5. The summed E-state index contributed by atoms with van der Waals surface area (Å²) < 4.78 is 12.8. The molecule has 0 aliphatic rings. The Morgan fingerprint density at radius 3 is 2.71 bits per heavy atom. The lowest BCUT2D eigenvalue weighted by atomic mass is 10.2. The summed E-state index contributed by atoms with van der Waals surface area (Å²) in [4.78, 5) is 11.8. The number of rotatable bonds is 7. The fourth-order valence-corrected chi connectivity index (χ4v) is 2.53. The van der Waals surface area contributed by atoms with E-state index in [-0.39, 0.29) is 12.5 Å². The summed E-state index contributed by atoms with van der Waals surface area (Å²) in [5.41, 5.74) is 1.12. The standard InChI is InChI=1S/C19H20N2O3/c1-23-17-7-8-18-15(13-17)9-11-21(18)12-10-20-19(22)14-24-16-5-3-2-4-6-16/h2-9,11,13H,10,12,14H2,1H3,(H,20,22). The van der Waals surface area contributed by atoms with E-state index < -0.39 is 0 Å². The average molecular weight is 324 g/mol. The number of ether oxygens (including phenoxy) is 2. The number of aromatic nitrogens is 1. The Morgan fingerprint density at radius 1 is 1.08 bits per heavy atom. The summed E-state index contributed by atoms with van der Waals surface area (Å²) in [5.74, 6) is 1.40. The number of carbonyl (C=O) groups excluding carboxylic acids is 1. The molecule has 0 aliphatic carbocycles. The van der Waals surface area contributed by atoms with Crippen molar-refractivity contribution >= 4 is 16.8 Å². The van der Waals surface area contributed by atoms with Crippen LogP contribution in [0.4, 0.5) is 0 Å². The van der Waals surface area contributed by atoms with Crippen LogP contribution in [0.3, 0.4) is 0 Å². The van der Waals surface area contributed by atoms with Gasteiger partial charge < -0.3 is 19.4 Å². The smallest absolute Gasteiger partial charge is 0.258 e. The van der Waals surface area contributed by atoms with Crippen LogP contribution < -0.4 is 14.8 Å². The van der Waals surface area contributed by atoms with Crippen molar-refractivity contribution < 1.29 is 14.3 Å². The van der Waals surface area contributed by atoms with Crippen molar-refractivity contribution in [2.75, 3.05) is 20.3 Å².